The summed E-state index contributed by atoms with van der Waals surface area (Å²) in [5, 5.41) is 5.59. The van der Waals surface area contributed by atoms with Gasteiger partial charge in [0.1, 0.15) is 6.54 Å². The van der Waals surface area contributed by atoms with Crippen molar-refractivity contribution in [1.82, 2.24) is 10.3 Å². The van der Waals surface area contributed by atoms with Crippen molar-refractivity contribution in [3.63, 3.8) is 0 Å². The Balaban J connectivity index is 1.76. The summed E-state index contributed by atoms with van der Waals surface area (Å²) in [5.74, 6) is -1.83. The lowest BCUT2D eigenvalue weighted by Crippen LogP contribution is -2.32. The molecule has 0 atom stereocenters. The molecule has 7 nitrogen and oxygen atoms in total. The predicted molar refractivity (Wildman–Crippen MR) is 97.6 cm³/mol. The SMILES string of the molecule is O=C(COC(=O)CNC(=O)c1cccc(Cl)c1)Nc1ncc(Cl)cc1Cl. The maximum atomic E-state index is 11.9. The van der Waals surface area contributed by atoms with Crippen LogP contribution < -0.4 is 10.6 Å². The molecule has 0 aliphatic rings. The normalized spacial score (nSPS) is 10.1. The van der Waals surface area contributed by atoms with Crippen LogP contribution >= 0.6 is 34.8 Å². The summed E-state index contributed by atoms with van der Waals surface area (Å²) in [6.45, 7) is -0.967. The Morgan fingerprint density at radius 2 is 1.85 bits per heavy atom. The zero-order valence-corrected chi connectivity index (χ0v) is 15.4. The molecule has 0 saturated heterocycles. The maximum absolute atomic E-state index is 11.9. The van der Waals surface area contributed by atoms with Gasteiger partial charge in [-0.05, 0) is 24.3 Å². The van der Waals surface area contributed by atoms with E-state index in [2.05, 4.69) is 15.6 Å². The van der Waals surface area contributed by atoms with Gasteiger partial charge < -0.3 is 15.4 Å². The first-order valence-electron chi connectivity index (χ1n) is 7.15. The topological polar surface area (TPSA) is 97.4 Å². The van der Waals surface area contributed by atoms with Crippen molar-refractivity contribution < 1.29 is 19.1 Å². The Hall–Kier alpha value is -2.35. The first kappa shape index (κ1) is 20.0. The molecule has 0 aliphatic heterocycles. The van der Waals surface area contributed by atoms with Crippen LogP contribution in [0.25, 0.3) is 0 Å². The molecule has 2 rings (SSSR count). The van der Waals surface area contributed by atoms with Crippen LogP contribution in [0, 0.1) is 0 Å². The highest BCUT2D eigenvalue weighted by Gasteiger charge is 2.12. The monoisotopic (exact) mass is 415 g/mol. The lowest BCUT2D eigenvalue weighted by atomic mass is 10.2. The van der Waals surface area contributed by atoms with E-state index in [1.807, 2.05) is 0 Å². The van der Waals surface area contributed by atoms with E-state index in [0.29, 0.717) is 15.6 Å². The Morgan fingerprint density at radius 3 is 2.54 bits per heavy atom. The third-order valence-electron chi connectivity index (χ3n) is 2.91. The molecule has 0 aliphatic carbocycles. The lowest BCUT2D eigenvalue weighted by Gasteiger charge is -2.08. The zero-order chi connectivity index (χ0) is 19.1. The highest BCUT2D eigenvalue weighted by molar-refractivity contribution is 6.36. The molecule has 0 unspecified atom stereocenters. The number of anilines is 1. The van der Waals surface area contributed by atoms with Gasteiger partial charge in [0.05, 0.1) is 10.0 Å². The van der Waals surface area contributed by atoms with Crippen LogP contribution in [-0.4, -0.2) is 35.9 Å². The quantitative estimate of drug-likeness (QED) is 0.706. The van der Waals surface area contributed by atoms with Gasteiger partial charge in [0.2, 0.25) is 0 Å². The van der Waals surface area contributed by atoms with E-state index in [1.165, 1.54) is 18.3 Å². The summed E-state index contributed by atoms with van der Waals surface area (Å²) < 4.78 is 4.76. The molecule has 0 radical (unpaired) electrons. The largest absolute Gasteiger partial charge is 0.454 e. The number of nitrogens with one attached hydrogen (secondary N) is 2. The number of ether oxygens (including phenoxy) is 1. The fourth-order valence-corrected chi connectivity index (χ4v) is 2.37. The van der Waals surface area contributed by atoms with E-state index in [-0.39, 0.29) is 10.8 Å². The number of carbonyl (C=O) groups is 3. The standard InChI is InChI=1S/C16H12Cl3N3O4/c17-10-3-1-2-9(4-10)16(25)21-7-14(24)26-8-13(23)22-15-12(19)5-11(18)6-20-15/h1-6H,7-8H2,(H,21,25)(H,20,22,23). The van der Waals surface area contributed by atoms with Crippen LogP contribution in [0.4, 0.5) is 5.82 Å². The van der Waals surface area contributed by atoms with Gasteiger partial charge in [0.15, 0.2) is 12.4 Å². The van der Waals surface area contributed by atoms with Crippen molar-refractivity contribution >= 4 is 58.4 Å². The summed E-state index contributed by atoms with van der Waals surface area (Å²) >= 11 is 17.3. The third kappa shape index (κ3) is 6.18. The fourth-order valence-electron chi connectivity index (χ4n) is 1.76. The van der Waals surface area contributed by atoms with E-state index in [4.69, 9.17) is 39.5 Å². The fraction of sp³-hybridized carbons (Fsp3) is 0.125. The first-order chi connectivity index (χ1) is 12.3. The second-order valence-electron chi connectivity index (χ2n) is 4.89. The van der Waals surface area contributed by atoms with E-state index in [0.717, 1.165) is 0 Å². The van der Waals surface area contributed by atoms with Crippen molar-refractivity contribution in [2.24, 2.45) is 0 Å². The van der Waals surface area contributed by atoms with Crippen LogP contribution in [0.2, 0.25) is 15.1 Å². The molecule has 10 heteroatoms. The maximum Gasteiger partial charge on any atom is 0.325 e. The third-order valence-corrected chi connectivity index (χ3v) is 3.64. The molecular formula is C16H12Cl3N3O4. The number of nitrogens with zero attached hydrogens (tertiary/aromatic N) is 1. The van der Waals surface area contributed by atoms with Crippen molar-refractivity contribution in [2.45, 2.75) is 0 Å². The number of pyridine rings is 1. The number of benzene rings is 1. The highest BCUT2D eigenvalue weighted by Crippen LogP contribution is 2.22. The second kappa shape index (κ2) is 9.38. The van der Waals surface area contributed by atoms with E-state index in [1.54, 1.807) is 18.2 Å². The Kier molecular flexibility index (Phi) is 7.20. The first-order valence-corrected chi connectivity index (χ1v) is 8.29. The summed E-state index contributed by atoms with van der Waals surface area (Å²) in [7, 11) is 0. The van der Waals surface area contributed by atoms with E-state index in [9.17, 15) is 14.4 Å². The molecule has 1 aromatic carbocycles. The van der Waals surface area contributed by atoms with Gasteiger partial charge in [0.25, 0.3) is 11.8 Å². The molecule has 2 N–H and O–H groups in total. The van der Waals surface area contributed by atoms with Gasteiger partial charge in [-0.2, -0.15) is 0 Å². The van der Waals surface area contributed by atoms with Gasteiger partial charge in [-0.3, -0.25) is 14.4 Å². The van der Waals surface area contributed by atoms with Crippen LogP contribution in [0.3, 0.4) is 0 Å². The van der Waals surface area contributed by atoms with E-state index >= 15 is 0 Å². The molecule has 2 aromatic rings. The Labute approximate surface area is 163 Å². The number of esters is 1. The van der Waals surface area contributed by atoms with E-state index < -0.39 is 30.9 Å². The van der Waals surface area contributed by atoms with Gasteiger partial charge in [-0.15, -0.1) is 0 Å². The average Bonchev–Trinajstić information content (AvgIpc) is 2.60. The molecule has 1 aromatic heterocycles. The summed E-state index contributed by atoms with van der Waals surface area (Å²) in [6, 6.07) is 7.63. The number of rotatable bonds is 6. The van der Waals surface area contributed by atoms with Crippen LogP contribution in [-0.2, 0) is 14.3 Å². The lowest BCUT2D eigenvalue weighted by molar-refractivity contribution is -0.146. The zero-order valence-electron chi connectivity index (χ0n) is 13.1. The minimum atomic E-state index is -0.786. The number of hydrogen-bond donors (Lipinski definition) is 2. The Bertz CT molecular complexity index is 845. The summed E-state index contributed by atoms with van der Waals surface area (Å²) in [5.41, 5.74) is 0.298. The smallest absolute Gasteiger partial charge is 0.325 e. The molecule has 0 fully saturated rings. The van der Waals surface area contributed by atoms with Crippen molar-refractivity contribution in [3.05, 3.63) is 57.2 Å². The number of hydrogen-bond acceptors (Lipinski definition) is 5. The minimum absolute atomic E-state index is 0.0892. The number of halogens is 3. The summed E-state index contributed by atoms with van der Waals surface area (Å²) in [6.07, 6.45) is 1.31. The van der Waals surface area contributed by atoms with Crippen molar-refractivity contribution in [1.29, 1.82) is 0 Å². The van der Waals surface area contributed by atoms with Crippen LogP contribution in [0.5, 0.6) is 0 Å². The molecule has 2 amide bonds. The molecule has 0 spiro atoms. The average molecular weight is 417 g/mol. The molecule has 0 saturated carbocycles. The highest BCUT2D eigenvalue weighted by atomic mass is 35.5. The van der Waals surface area contributed by atoms with Crippen molar-refractivity contribution in [2.75, 3.05) is 18.5 Å². The van der Waals surface area contributed by atoms with Crippen LogP contribution in [0.1, 0.15) is 10.4 Å². The molecular weight excluding hydrogens is 405 g/mol. The molecule has 0 bridgehead atoms. The number of aromatic nitrogens is 1. The number of amides is 2. The van der Waals surface area contributed by atoms with Crippen LogP contribution in [0.15, 0.2) is 36.5 Å². The van der Waals surface area contributed by atoms with Gasteiger partial charge >= 0.3 is 5.97 Å². The molecule has 136 valence electrons. The van der Waals surface area contributed by atoms with Gasteiger partial charge in [0, 0.05) is 16.8 Å². The number of carbonyl (C=O) groups excluding carboxylic acids is 3. The molecule has 26 heavy (non-hydrogen) atoms. The Morgan fingerprint density at radius 1 is 1.08 bits per heavy atom. The molecule has 1 heterocycles. The minimum Gasteiger partial charge on any atom is -0.454 e. The van der Waals surface area contributed by atoms with Gasteiger partial charge in [-0.1, -0.05) is 40.9 Å². The predicted octanol–water partition coefficient (Wildman–Crippen LogP) is 2.95. The van der Waals surface area contributed by atoms with Gasteiger partial charge in [-0.25, -0.2) is 4.98 Å². The second-order valence-corrected chi connectivity index (χ2v) is 6.17. The van der Waals surface area contributed by atoms with Crippen molar-refractivity contribution in [3.8, 4) is 0 Å². The summed E-state index contributed by atoms with van der Waals surface area (Å²) in [4.78, 5) is 39.0.